The summed E-state index contributed by atoms with van der Waals surface area (Å²) in [6.07, 6.45) is 3.56. The molecule has 0 fully saturated rings. The largest absolute Gasteiger partial charge is 0.496 e. The van der Waals surface area contributed by atoms with E-state index in [0.717, 1.165) is 11.3 Å². The number of nitrogens with zero attached hydrogens (tertiary/aromatic N) is 2. The minimum absolute atomic E-state index is 0.108. The lowest BCUT2D eigenvalue weighted by Gasteiger charge is -2.11. The van der Waals surface area contributed by atoms with Gasteiger partial charge in [0.15, 0.2) is 0 Å². The zero-order valence-corrected chi connectivity index (χ0v) is 13.6. The lowest BCUT2D eigenvalue weighted by atomic mass is 10.1. The number of imidazole rings is 1. The van der Waals surface area contributed by atoms with Crippen LogP contribution >= 0.6 is 0 Å². The number of aromatic nitrogens is 2. The lowest BCUT2D eigenvalue weighted by molar-refractivity contribution is 0.0693. The highest BCUT2D eigenvalue weighted by Crippen LogP contribution is 2.29. The summed E-state index contributed by atoms with van der Waals surface area (Å²) in [5, 5.41) is 9.39. The second-order valence-corrected chi connectivity index (χ2v) is 5.79. The van der Waals surface area contributed by atoms with E-state index in [0.29, 0.717) is 30.4 Å². The molecule has 25 heavy (non-hydrogen) atoms. The molecule has 0 aliphatic carbocycles. The van der Waals surface area contributed by atoms with Crippen molar-refractivity contribution in [1.29, 1.82) is 0 Å². The fraction of sp³-hybridized carbons (Fsp3) is 0.158. The van der Waals surface area contributed by atoms with E-state index in [1.54, 1.807) is 24.4 Å². The first-order valence-electron chi connectivity index (χ1n) is 7.82. The molecule has 0 unspecified atom stereocenters. The fourth-order valence-electron chi connectivity index (χ4n) is 3.05. The van der Waals surface area contributed by atoms with E-state index in [4.69, 9.17) is 9.47 Å². The quantitative estimate of drug-likeness (QED) is 0.791. The molecule has 0 spiro atoms. The van der Waals surface area contributed by atoms with Crippen molar-refractivity contribution in [3.8, 4) is 22.8 Å². The van der Waals surface area contributed by atoms with Crippen molar-refractivity contribution in [3.05, 3.63) is 65.5 Å². The Morgan fingerprint density at radius 2 is 2.04 bits per heavy atom. The first-order valence-corrected chi connectivity index (χ1v) is 7.82. The smallest absolute Gasteiger partial charge is 0.339 e. The van der Waals surface area contributed by atoms with Crippen LogP contribution in [0.15, 0.2) is 48.8 Å². The summed E-state index contributed by atoms with van der Waals surface area (Å²) < 4.78 is 12.5. The van der Waals surface area contributed by atoms with Gasteiger partial charge in [0, 0.05) is 23.6 Å². The maximum Gasteiger partial charge on any atom is 0.339 e. The third-order valence-electron chi connectivity index (χ3n) is 4.31. The highest BCUT2D eigenvalue weighted by Gasteiger charge is 2.17. The van der Waals surface area contributed by atoms with Gasteiger partial charge in [-0.15, -0.1) is 0 Å². The Bertz CT molecular complexity index is 962. The van der Waals surface area contributed by atoms with Crippen LogP contribution in [-0.2, 0) is 18.0 Å². The minimum atomic E-state index is -1.04. The van der Waals surface area contributed by atoms with Crippen LogP contribution in [0.2, 0.25) is 0 Å². The molecule has 0 amide bonds. The van der Waals surface area contributed by atoms with Gasteiger partial charge in [0.05, 0.1) is 20.3 Å². The third kappa shape index (κ3) is 2.66. The molecule has 1 N–H and O–H groups in total. The molecule has 126 valence electrons. The number of hydrogen-bond donors (Lipinski definition) is 1. The number of carbonyl (C=O) groups is 1. The zero-order valence-electron chi connectivity index (χ0n) is 13.6. The number of methoxy groups -OCH3 is 1. The third-order valence-corrected chi connectivity index (χ3v) is 4.31. The molecule has 3 aromatic rings. The number of ether oxygens (including phenoxy) is 2. The molecular formula is C19H16N2O4. The van der Waals surface area contributed by atoms with Crippen molar-refractivity contribution in [3.63, 3.8) is 0 Å². The summed E-state index contributed by atoms with van der Waals surface area (Å²) in [7, 11) is 1.45. The van der Waals surface area contributed by atoms with Gasteiger partial charge in [-0.25, -0.2) is 9.78 Å². The van der Waals surface area contributed by atoms with Crippen LogP contribution in [0.4, 0.5) is 0 Å². The van der Waals surface area contributed by atoms with E-state index >= 15 is 0 Å². The van der Waals surface area contributed by atoms with Crippen molar-refractivity contribution >= 4 is 5.97 Å². The Labute approximate surface area is 144 Å². The van der Waals surface area contributed by atoms with Gasteiger partial charge in [-0.05, 0) is 41.5 Å². The van der Waals surface area contributed by atoms with E-state index in [-0.39, 0.29) is 5.56 Å². The summed E-state index contributed by atoms with van der Waals surface area (Å²) in [5.74, 6) is -0.0421. The summed E-state index contributed by atoms with van der Waals surface area (Å²) in [6, 6.07) is 11.2. The Morgan fingerprint density at radius 3 is 2.84 bits per heavy atom. The van der Waals surface area contributed by atoms with Gasteiger partial charge in [-0.3, -0.25) is 4.57 Å². The second kappa shape index (κ2) is 6.07. The molecule has 2 aromatic carbocycles. The molecule has 0 radical (unpaired) electrons. The number of hydrogen-bond acceptors (Lipinski definition) is 4. The number of aromatic carboxylic acids is 1. The van der Waals surface area contributed by atoms with E-state index in [1.807, 2.05) is 16.8 Å². The molecule has 0 saturated carbocycles. The number of fused-ring (bicyclic) bond motifs is 1. The van der Waals surface area contributed by atoms with Crippen LogP contribution in [0.25, 0.3) is 17.1 Å². The fourth-order valence-corrected chi connectivity index (χ4v) is 3.05. The standard InChI is InChI=1S/C19H16N2O4/c1-24-17-5-3-12(9-16(17)19(22)23)18-20-6-7-21(18)15-4-2-13-10-25-11-14(13)8-15/h2-9H,10-11H2,1H3,(H,22,23). The molecule has 4 rings (SSSR count). The van der Waals surface area contributed by atoms with Gasteiger partial charge in [-0.2, -0.15) is 0 Å². The molecule has 1 aliphatic rings. The second-order valence-electron chi connectivity index (χ2n) is 5.79. The highest BCUT2D eigenvalue weighted by atomic mass is 16.5. The minimum Gasteiger partial charge on any atom is -0.496 e. The van der Waals surface area contributed by atoms with Crippen LogP contribution in [0.3, 0.4) is 0 Å². The van der Waals surface area contributed by atoms with Crippen LogP contribution in [0, 0.1) is 0 Å². The summed E-state index contributed by atoms with van der Waals surface area (Å²) >= 11 is 0. The number of carboxylic acid groups (broad SMARTS) is 1. The van der Waals surface area contributed by atoms with Crippen LogP contribution in [0.1, 0.15) is 21.5 Å². The first-order chi connectivity index (χ1) is 12.2. The van der Waals surface area contributed by atoms with Crippen LogP contribution in [-0.4, -0.2) is 27.7 Å². The van der Waals surface area contributed by atoms with Gasteiger partial charge in [0.25, 0.3) is 0 Å². The molecule has 1 aromatic heterocycles. The Hall–Kier alpha value is -3.12. The molecule has 0 saturated heterocycles. The van der Waals surface area contributed by atoms with Gasteiger partial charge in [0.1, 0.15) is 17.1 Å². The maximum absolute atomic E-state index is 11.5. The average Bonchev–Trinajstić information content (AvgIpc) is 3.29. The summed E-state index contributed by atoms with van der Waals surface area (Å²) in [4.78, 5) is 15.9. The first kappa shape index (κ1) is 15.4. The molecule has 1 aliphatic heterocycles. The number of rotatable bonds is 4. The van der Waals surface area contributed by atoms with Gasteiger partial charge in [-0.1, -0.05) is 6.07 Å². The van der Waals surface area contributed by atoms with E-state index in [2.05, 4.69) is 17.1 Å². The average molecular weight is 336 g/mol. The van der Waals surface area contributed by atoms with E-state index in [9.17, 15) is 9.90 Å². The topological polar surface area (TPSA) is 73.6 Å². The predicted octanol–water partition coefficient (Wildman–Crippen LogP) is 3.28. The summed E-state index contributed by atoms with van der Waals surface area (Å²) in [6.45, 7) is 1.26. The molecule has 6 nitrogen and oxygen atoms in total. The van der Waals surface area contributed by atoms with Crippen molar-refractivity contribution < 1.29 is 19.4 Å². The monoisotopic (exact) mass is 336 g/mol. The zero-order chi connectivity index (χ0) is 17.4. The molecular weight excluding hydrogens is 320 g/mol. The Morgan fingerprint density at radius 1 is 1.20 bits per heavy atom. The highest BCUT2D eigenvalue weighted by molar-refractivity contribution is 5.92. The van der Waals surface area contributed by atoms with Crippen molar-refractivity contribution in [1.82, 2.24) is 9.55 Å². The SMILES string of the molecule is COc1ccc(-c2nccn2-c2ccc3c(c2)COC3)cc1C(=O)O. The molecule has 6 heteroatoms. The molecule has 2 heterocycles. The van der Waals surface area contributed by atoms with Gasteiger partial charge in [0.2, 0.25) is 0 Å². The van der Waals surface area contributed by atoms with E-state index in [1.165, 1.54) is 12.7 Å². The maximum atomic E-state index is 11.5. The van der Waals surface area contributed by atoms with Crippen molar-refractivity contribution in [2.45, 2.75) is 13.2 Å². The van der Waals surface area contributed by atoms with Crippen LogP contribution in [0.5, 0.6) is 5.75 Å². The van der Waals surface area contributed by atoms with Crippen molar-refractivity contribution in [2.75, 3.05) is 7.11 Å². The summed E-state index contributed by atoms with van der Waals surface area (Å²) in [5.41, 5.74) is 4.14. The number of benzene rings is 2. The Balaban J connectivity index is 1.80. The molecule has 0 bridgehead atoms. The van der Waals surface area contributed by atoms with Gasteiger partial charge < -0.3 is 14.6 Å². The normalized spacial score (nSPS) is 12.8. The number of carboxylic acids is 1. The van der Waals surface area contributed by atoms with E-state index < -0.39 is 5.97 Å². The van der Waals surface area contributed by atoms with Gasteiger partial charge >= 0.3 is 5.97 Å². The predicted molar refractivity (Wildman–Crippen MR) is 91.0 cm³/mol. The Kier molecular flexibility index (Phi) is 3.74. The van der Waals surface area contributed by atoms with Crippen molar-refractivity contribution in [2.24, 2.45) is 0 Å². The molecule has 0 atom stereocenters. The lowest BCUT2D eigenvalue weighted by Crippen LogP contribution is -2.02. The van der Waals surface area contributed by atoms with Crippen LogP contribution < -0.4 is 4.74 Å².